The second kappa shape index (κ2) is 7.52. The summed E-state index contributed by atoms with van der Waals surface area (Å²) in [5, 5.41) is 2.12. The summed E-state index contributed by atoms with van der Waals surface area (Å²) in [6.07, 6.45) is 6.88. The van der Waals surface area contributed by atoms with E-state index >= 15 is 0 Å². The Hall–Kier alpha value is -1.86. The predicted octanol–water partition coefficient (Wildman–Crippen LogP) is 4.76. The van der Waals surface area contributed by atoms with E-state index in [4.69, 9.17) is 9.97 Å². The van der Waals surface area contributed by atoms with Crippen LogP contribution in [0.5, 0.6) is 0 Å². The number of rotatable bonds is 3. The Bertz CT molecular complexity index is 1010. The van der Waals surface area contributed by atoms with Crippen LogP contribution in [-0.4, -0.2) is 42.4 Å². The van der Waals surface area contributed by atoms with Gasteiger partial charge >= 0.3 is 0 Å². The van der Waals surface area contributed by atoms with Gasteiger partial charge in [0.1, 0.15) is 16.5 Å². The van der Waals surface area contributed by atoms with Gasteiger partial charge < -0.3 is 9.80 Å². The van der Waals surface area contributed by atoms with E-state index in [9.17, 15) is 4.39 Å². The summed E-state index contributed by atoms with van der Waals surface area (Å²) in [6, 6.07) is 7.06. The van der Waals surface area contributed by atoms with Crippen LogP contribution < -0.4 is 9.80 Å². The van der Waals surface area contributed by atoms with E-state index in [0.717, 1.165) is 48.4 Å². The minimum absolute atomic E-state index is 0.142. The quantitative estimate of drug-likeness (QED) is 0.456. The number of hydrogen-bond donors (Lipinski definition) is 0. The first kappa shape index (κ1) is 18.2. The van der Waals surface area contributed by atoms with E-state index < -0.39 is 0 Å². The Morgan fingerprint density at radius 2 is 1.75 bits per heavy atom. The second-order valence-corrected chi connectivity index (χ2v) is 9.21. The van der Waals surface area contributed by atoms with E-state index in [0.29, 0.717) is 5.69 Å². The molecule has 0 unspecified atom stereocenters. The predicted molar refractivity (Wildman–Crippen MR) is 117 cm³/mol. The van der Waals surface area contributed by atoms with Crippen LogP contribution in [0.1, 0.15) is 23.3 Å². The number of aryl methyl sites for hydroxylation is 2. The van der Waals surface area contributed by atoms with Crippen LogP contribution >= 0.6 is 23.1 Å². The molecule has 1 saturated heterocycles. The fourth-order valence-corrected chi connectivity index (χ4v) is 5.98. The molecular weight excluding hydrogens is 391 g/mol. The molecule has 3 heterocycles. The Balaban J connectivity index is 1.48. The van der Waals surface area contributed by atoms with E-state index in [1.165, 1.54) is 41.2 Å². The number of benzene rings is 1. The zero-order valence-electron chi connectivity index (χ0n) is 15.9. The number of nitrogens with zero attached hydrogens (tertiary/aromatic N) is 4. The van der Waals surface area contributed by atoms with Gasteiger partial charge in [0.25, 0.3) is 0 Å². The van der Waals surface area contributed by atoms with E-state index in [1.54, 1.807) is 17.8 Å². The highest BCUT2D eigenvalue weighted by atomic mass is 32.2. The van der Waals surface area contributed by atoms with E-state index in [-0.39, 0.29) is 5.82 Å². The highest BCUT2D eigenvalue weighted by Gasteiger charge is 2.26. The Morgan fingerprint density at radius 3 is 2.54 bits per heavy atom. The molecule has 0 N–H and O–H groups in total. The highest BCUT2D eigenvalue weighted by Crippen LogP contribution is 2.40. The first-order chi connectivity index (χ1) is 13.7. The van der Waals surface area contributed by atoms with Crippen molar-refractivity contribution < 1.29 is 4.39 Å². The van der Waals surface area contributed by atoms with Crippen LogP contribution in [0, 0.1) is 5.82 Å². The van der Waals surface area contributed by atoms with Crippen LogP contribution in [-0.2, 0) is 12.8 Å². The molecule has 1 aromatic carbocycles. The average molecular weight is 415 g/mol. The van der Waals surface area contributed by atoms with E-state index in [2.05, 4.69) is 9.80 Å². The number of hydrogen-bond acceptors (Lipinski definition) is 6. The summed E-state index contributed by atoms with van der Waals surface area (Å²) < 4.78 is 14.2. The summed E-state index contributed by atoms with van der Waals surface area (Å²) in [6.45, 7) is 3.29. The lowest BCUT2D eigenvalue weighted by Crippen LogP contribution is -2.47. The lowest BCUT2D eigenvalue weighted by Gasteiger charge is -2.37. The summed E-state index contributed by atoms with van der Waals surface area (Å²) in [5.74, 6) is 0.943. The number of fused-ring (bicyclic) bond motifs is 3. The van der Waals surface area contributed by atoms with Crippen molar-refractivity contribution in [3.05, 3.63) is 40.5 Å². The van der Waals surface area contributed by atoms with Gasteiger partial charge in [-0.2, -0.15) is 0 Å². The molecule has 0 spiro atoms. The SMILES string of the molecule is CSc1nc(N2CCN(c3ccccc3F)CC2)c2c3c(sc2n1)CCCC3. The van der Waals surface area contributed by atoms with Gasteiger partial charge in [0.05, 0.1) is 11.1 Å². The van der Waals surface area contributed by atoms with Crippen molar-refractivity contribution in [3.8, 4) is 0 Å². The van der Waals surface area contributed by atoms with Gasteiger partial charge in [0, 0.05) is 31.1 Å². The summed E-state index contributed by atoms with van der Waals surface area (Å²) in [5.41, 5.74) is 2.18. The zero-order chi connectivity index (χ0) is 19.1. The van der Waals surface area contributed by atoms with Gasteiger partial charge in [-0.3, -0.25) is 0 Å². The third-order valence-corrected chi connectivity index (χ3v) is 7.46. The van der Waals surface area contributed by atoms with Gasteiger partial charge in [-0.25, -0.2) is 14.4 Å². The largest absolute Gasteiger partial charge is 0.366 e. The van der Waals surface area contributed by atoms with Gasteiger partial charge in [-0.15, -0.1) is 11.3 Å². The molecule has 28 heavy (non-hydrogen) atoms. The number of halogens is 1. The minimum atomic E-state index is -0.142. The smallest absolute Gasteiger partial charge is 0.190 e. The van der Waals surface area contributed by atoms with Gasteiger partial charge in [0.2, 0.25) is 0 Å². The van der Waals surface area contributed by atoms with Gasteiger partial charge in [-0.1, -0.05) is 23.9 Å². The Morgan fingerprint density at radius 1 is 1.00 bits per heavy atom. The van der Waals surface area contributed by atoms with Crippen LogP contribution in [0.2, 0.25) is 0 Å². The standard InChI is InChI=1S/C21H23FN4S2/c1-27-21-23-19(18-14-6-2-5-9-17(14)28-20(18)24-21)26-12-10-25(11-13-26)16-8-4-3-7-15(16)22/h3-4,7-8H,2,5-6,9-13H2,1H3. The normalized spacial score (nSPS) is 17.2. The summed E-state index contributed by atoms with van der Waals surface area (Å²) in [4.78, 5) is 16.9. The van der Waals surface area contributed by atoms with Crippen molar-refractivity contribution in [3.63, 3.8) is 0 Å². The molecule has 0 radical (unpaired) electrons. The van der Waals surface area contributed by atoms with Crippen molar-refractivity contribution >= 4 is 44.8 Å². The number of piperazine rings is 1. The van der Waals surface area contributed by atoms with Crippen LogP contribution in [0.25, 0.3) is 10.2 Å². The maximum Gasteiger partial charge on any atom is 0.190 e. The van der Waals surface area contributed by atoms with Crippen molar-refractivity contribution in [2.24, 2.45) is 0 Å². The molecular formula is C21H23FN4S2. The molecule has 1 fully saturated rings. The molecule has 0 saturated carbocycles. The molecule has 7 heteroatoms. The summed E-state index contributed by atoms with van der Waals surface area (Å²) >= 11 is 3.46. The molecule has 4 nitrogen and oxygen atoms in total. The lowest BCUT2D eigenvalue weighted by atomic mass is 9.97. The molecule has 2 aromatic heterocycles. The fraction of sp³-hybridized carbons (Fsp3) is 0.429. The number of thioether (sulfide) groups is 1. The maximum atomic E-state index is 14.2. The minimum Gasteiger partial charge on any atom is -0.366 e. The number of para-hydroxylation sites is 1. The average Bonchev–Trinajstić information content (AvgIpc) is 3.12. The van der Waals surface area contributed by atoms with Crippen molar-refractivity contribution in [1.82, 2.24) is 9.97 Å². The lowest BCUT2D eigenvalue weighted by molar-refractivity contribution is 0.596. The molecule has 3 aromatic rings. The monoisotopic (exact) mass is 414 g/mol. The first-order valence-electron chi connectivity index (χ1n) is 9.85. The fourth-order valence-electron chi connectivity index (χ4n) is 4.31. The number of aromatic nitrogens is 2. The molecule has 0 amide bonds. The molecule has 1 aliphatic heterocycles. The van der Waals surface area contributed by atoms with Crippen LogP contribution in [0.4, 0.5) is 15.9 Å². The third kappa shape index (κ3) is 3.14. The molecule has 146 valence electrons. The van der Waals surface area contributed by atoms with Crippen molar-refractivity contribution in [2.45, 2.75) is 30.8 Å². The van der Waals surface area contributed by atoms with Crippen LogP contribution in [0.3, 0.4) is 0 Å². The molecule has 0 atom stereocenters. The molecule has 0 bridgehead atoms. The zero-order valence-corrected chi connectivity index (χ0v) is 17.6. The topological polar surface area (TPSA) is 32.3 Å². The number of thiophene rings is 1. The number of anilines is 2. The van der Waals surface area contributed by atoms with Crippen molar-refractivity contribution in [1.29, 1.82) is 0 Å². The van der Waals surface area contributed by atoms with Gasteiger partial charge in [0.15, 0.2) is 5.16 Å². The van der Waals surface area contributed by atoms with Gasteiger partial charge in [-0.05, 0) is 49.6 Å². The Labute approximate surface area is 172 Å². The molecule has 1 aliphatic carbocycles. The Kier molecular flexibility index (Phi) is 4.88. The van der Waals surface area contributed by atoms with E-state index in [1.807, 2.05) is 29.7 Å². The maximum absolute atomic E-state index is 14.2. The first-order valence-corrected chi connectivity index (χ1v) is 11.9. The third-order valence-electron chi connectivity index (χ3n) is 5.73. The van der Waals surface area contributed by atoms with Crippen LogP contribution in [0.15, 0.2) is 29.4 Å². The molecule has 5 rings (SSSR count). The highest BCUT2D eigenvalue weighted by molar-refractivity contribution is 7.98. The summed E-state index contributed by atoms with van der Waals surface area (Å²) in [7, 11) is 0. The van der Waals surface area contributed by atoms with Crippen molar-refractivity contribution in [2.75, 3.05) is 42.2 Å². The molecule has 2 aliphatic rings. The second-order valence-electron chi connectivity index (χ2n) is 7.35.